The van der Waals surface area contributed by atoms with Crippen molar-refractivity contribution in [1.82, 2.24) is 9.97 Å². The van der Waals surface area contributed by atoms with Crippen LogP contribution in [0.4, 0.5) is 0 Å². The van der Waals surface area contributed by atoms with Crippen molar-refractivity contribution in [2.24, 2.45) is 0 Å². The Morgan fingerprint density at radius 3 is 1.48 bits per heavy atom. The van der Waals surface area contributed by atoms with Gasteiger partial charge < -0.3 is 0 Å². The molecule has 0 fully saturated rings. The van der Waals surface area contributed by atoms with Crippen LogP contribution in [0.1, 0.15) is 22.3 Å². The molecule has 8 aromatic carbocycles. The maximum absolute atomic E-state index is 5.17. The molecule has 2 nitrogen and oxygen atoms in total. The minimum absolute atomic E-state index is 0.395. The van der Waals surface area contributed by atoms with Gasteiger partial charge in [-0.2, -0.15) is 0 Å². The molecule has 0 radical (unpaired) electrons. The quantitative estimate of drug-likeness (QED) is 0.176. The van der Waals surface area contributed by atoms with Crippen molar-refractivity contribution >= 4 is 11.8 Å². The highest BCUT2D eigenvalue weighted by atomic mass is 32.2. The molecule has 9 aromatic rings. The number of fused-ring (bicyclic) bond motifs is 9. The van der Waals surface area contributed by atoms with E-state index in [9.17, 15) is 0 Å². The topological polar surface area (TPSA) is 25.8 Å². The Kier molecular flexibility index (Phi) is 7.68. The van der Waals surface area contributed by atoms with Crippen molar-refractivity contribution < 1.29 is 0 Å². The summed E-state index contributed by atoms with van der Waals surface area (Å²) in [6.45, 7) is 0. The summed E-state index contributed by atoms with van der Waals surface area (Å²) in [7, 11) is 0. The van der Waals surface area contributed by atoms with E-state index in [2.05, 4.69) is 182 Å². The Bertz CT molecular complexity index is 2830. The zero-order valence-corrected chi connectivity index (χ0v) is 31.2. The van der Waals surface area contributed by atoms with Gasteiger partial charge in [-0.25, -0.2) is 9.97 Å². The summed E-state index contributed by atoms with van der Waals surface area (Å²) in [5, 5.41) is 0. The summed E-state index contributed by atoms with van der Waals surface area (Å²) >= 11 is 1.90. The Labute approximate surface area is 331 Å². The molecule has 1 aliphatic carbocycles. The summed E-state index contributed by atoms with van der Waals surface area (Å²) in [5.41, 5.74) is 17.3. The first-order valence-electron chi connectivity index (χ1n) is 19.1. The van der Waals surface area contributed by atoms with Crippen molar-refractivity contribution in [3.8, 4) is 67.3 Å². The fraction of sp³-hybridized carbons (Fsp3) is 0.0189. The number of nitrogens with zero attached hydrogens (tertiary/aromatic N) is 2. The highest BCUT2D eigenvalue weighted by Crippen LogP contribution is 2.63. The van der Waals surface area contributed by atoms with E-state index < -0.39 is 5.41 Å². The van der Waals surface area contributed by atoms with E-state index in [0.29, 0.717) is 5.82 Å². The van der Waals surface area contributed by atoms with Gasteiger partial charge in [0.1, 0.15) is 0 Å². The molecule has 56 heavy (non-hydrogen) atoms. The summed E-state index contributed by atoms with van der Waals surface area (Å²) < 4.78 is 0. The van der Waals surface area contributed by atoms with Crippen LogP contribution in [-0.4, -0.2) is 9.97 Å². The number of benzene rings is 8. The largest absolute Gasteiger partial charge is 0.228 e. The van der Waals surface area contributed by atoms with Gasteiger partial charge in [0.05, 0.1) is 16.8 Å². The van der Waals surface area contributed by atoms with Crippen molar-refractivity contribution in [2.75, 3.05) is 0 Å². The minimum Gasteiger partial charge on any atom is -0.228 e. The molecule has 2 heterocycles. The second kappa shape index (κ2) is 13.2. The molecular formula is C53H34N2S. The molecule has 0 N–H and O–H groups in total. The van der Waals surface area contributed by atoms with Gasteiger partial charge in [0.2, 0.25) is 0 Å². The van der Waals surface area contributed by atoms with Crippen LogP contribution >= 0.6 is 11.8 Å². The number of aromatic nitrogens is 2. The summed E-state index contributed by atoms with van der Waals surface area (Å²) in [6, 6.07) is 74.3. The predicted molar refractivity (Wildman–Crippen MR) is 231 cm³/mol. The lowest BCUT2D eigenvalue weighted by Gasteiger charge is -2.40. The third-order valence-electron chi connectivity index (χ3n) is 11.4. The van der Waals surface area contributed by atoms with Crippen LogP contribution in [0, 0.1) is 0 Å². The highest BCUT2D eigenvalue weighted by Gasteiger charge is 2.50. The minimum atomic E-state index is -0.395. The Morgan fingerprint density at radius 1 is 0.321 bits per heavy atom. The predicted octanol–water partition coefficient (Wildman–Crippen LogP) is 13.6. The molecule has 0 saturated carbocycles. The second-order valence-corrected chi connectivity index (χ2v) is 15.5. The van der Waals surface area contributed by atoms with Gasteiger partial charge in [-0.15, -0.1) is 0 Å². The Balaban J connectivity index is 1.04. The molecule has 0 bridgehead atoms. The standard InChI is InChI=1S/C53H34N2S/c1-3-16-37(17-4-1)48-34-49(55-52(54-48)38-18-5-2-6-19-38)43-23-8-7-20-39(43)35-30-32-36(33-31-35)40-24-15-28-47-51(40)56-50-29-14-13-27-46(50)53(47)44-25-11-9-21-41(44)42-22-10-12-26-45(42)53/h1-34H. The van der Waals surface area contributed by atoms with Crippen LogP contribution in [-0.2, 0) is 5.41 Å². The molecule has 0 amide bonds. The van der Waals surface area contributed by atoms with E-state index in [4.69, 9.17) is 9.97 Å². The van der Waals surface area contributed by atoms with Gasteiger partial charge in [-0.3, -0.25) is 0 Å². The maximum atomic E-state index is 5.17. The van der Waals surface area contributed by atoms with Gasteiger partial charge in [-0.1, -0.05) is 206 Å². The molecule has 0 unspecified atom stereocenters. The summed E-state index contributed by atoms with van der Waals surface area (Å²) in [6.07, 6.45) is 0. The van der Waals surface area contributed by atoms with E-state index in [1.165, 1.54) is 54.3 Å². The SMILES string of the molecule is c1ccc(-c2cc(-c3ccccc3-c3ccc(-c4cccc5c4Sc4ccccc4C54c5ccccc5-c5ccccc54)cc3)nc(-c3ccccc3)n2)cc1. The van der Waals surface area contributed by atoms with Crippen LogP contribution in [0.15, 0.2) is 216 Å². The maximum Gasteiger partial charge on any atom is 0.160 e. The number of hydrogen-bond acceptors (Lipinski definition) is 3. The van der Waals surface area contributed by atoms with Gasteiger partial charge in [0.15, 0.2) is 5.82 Å². The number of hydrogen-bond donors (Lipinski definition) is 0. The van der Waals surface area contributed by atoms with E-state index in [1.807, 2.05) is 36.0 Å². The fourth-order valence-corrected chi connectivity index (χ4v) is 10.3. The van der Waals surface area contributed by atoms with Gasteiger partial charge >= 0.3 is 0 Å². The van der Waals surface area contributed by atoms with Crippen LogP contribution < -0.4 is 0 Å². The lowest BCUT2D eigenvalue weighted by molar-refractivity contribution is 0.723. The summed E-state index contributed by atoms with van der Waals surface area (Å²) in [5.74, 6) is 0.713. The molecule has 1 aliphatic heterocycles. The molecule has 262 valence electrons. The lowest BCUT2D eigenvalue weighted by Crippen LogP contribution is -2.32. The van der Waals surface area contributed by atoms with E-state index in [1.54, 1.807) is 0 Å². The van der Waals surface area contributed by atoms with Crippen molar-refractivity contribution in [2.45, 2.75) is 15.2 Å². The van der Waals surface area contributed by atoms with Gasteiger partial charge in [0, 0.05) is 26.5 Å². The van der Waals surface area contributed by atoms with E-state index >= 15 is 0 Å². The molecular weight excluding hydrogens is 697 g/mol. The van der Waals surface area contributed by atoms with E-state index in [0.717, 1.165) is 39.2 Å². The van der Waals surface area contributed by atoms with Crippen LogP contribution in [0.25, 0.3) is 67.3 Å². The Hall–Kier alpha value is -6.81. The van der Waals surface area contributed by atoms with Crippen molar-refractivity contribution in [3.05, 3.63) is 229 Å². The molecule has 3 heteroatoms. The molecule has 2 aliphatic rings. The summed E-state index contributed by atoms with van der Waals surface area (Å²) in [4.78, 5) is 12.8. The zero-order chi connectivity index (χ0) is 37.1. The first kappa shape index (κ1) is 32.6. The first-order chi connectivity index (χ1) is 27.8. The van der Waals surface area contributed by atoms with Crippen molar-refractivity contribution in [3.63, 3.8) is 0 Å². The molecule has 1 spiro atoms. The average molecular weight is 731 g/mol. The van der Waals surface area contributed by atoms with Crippen LogP contribution in [0.5, 0.6) is 0 Å². The average Bonchev–Trinajstić information content (AvgIpc) is 3.57. The molecule has 11 rings (SSSR count). The highest BCUT2D eigenvalue weighted by molar-refractivity contribution is 7.99. The number of rotatable bonds is 5. The lowest BCUT2D eigenvalue weighted by atomic mass is 9.67. The zero-order valence-electron chi connectivity index (χ0n) is 30.4. The fourth-order valence-electron chi connectivity index (χ4n) is 8.95. The van der Waals surface area contributed by atoms with Gasteiger partial charge in [0.25, 0.3) is 0 Å². The second-order valence-electron chi connectivity index (χ2n) is 14.4. The first-order valence-corrected chi connectivity index (χ1v) is 19.9. The van der Waals surface area contributed by atoms with Crippen LogP contribution in [0.3, 0.4) is 0 Å². The third kappa shape index (κ3) is 5.05. The molecule has 0 saturated heterocycles. The van der Waals surface area contributed by atoms with Gasteiger partial charge in [-0.05, 0) is 67.8 Å². The smallest absolute Gasteiger partial charge is 0.160 e. The Morgan fingerprint density at radius 2 is 0.804 bits per heavy atom. The van der Waals surface area contributed by atoms with Crippen LogP contribution in [0.2, 0.25) is 0 Å². The van der Waals surface area contributed by atoms with E-state index in [-0.39, 0.29) is 0 Å². The monoisotopic (exact) mass is 730 g/mol. The molecule has 1 aromatic heterocycles. The third-order valence-corrected chi connectivity index (χ3v) is 12.6. The normalized spacial score (nSPS) is 13.1. The molecule has 0 atom stereocenters. The van der Waals surface area contributed by atoms with Crippen molar-refractivity contribution in [1.29, 1.82) is 0 Å².